The summed E-state index contributed by atoms with van der Waals surface area (Å²) >= 11 is 0. The topological polar surface area (TPSA) is 132 Å². The van der Waals surface area contributed by atoms with Gasteiger partial charge in [-0.1, -0.05) is 51.2 Å². The lowest BCUT2D eigenvalue weighted by atomic mass is 10.1. The molecule has 0 unspecified atom stereocenters. The van der Waals surface area contributed by atoms with Crippen LogP contribution in [0.25, 0.3) is 0 Å². The van der Waals surface area contributed by atoms with Gasteiger partial charge in [0.25, 0.3) is 15.7 Å². The summed E-state index contributed by atoms with van der Waals surface area (Å²) in [7, 11) is -2.70. The van der Waals surface area contributed by atoms with Gasteiger partial charge in [-0.05, 0) is 60.5 Å². The number of anilines is 2. The fourth-order valence-corrected chi connectivity index (χ4v) is 4.85. The van der Waals surface area contributed by atoms with Gasteiger partial charge < -0.3 is 9.47 Å². The van der Waals surface area contributed by atoms with Crippen molar-refractivity contribution in [2.24, 2.45) is 5.10 Å². The Morgan fingerprint density at radius 1 is 0.949 bits per heavy atom. The van der Waals surface area contributed by atoms with E-state index in [1.807, 2.05) is 24.3 Å². The Balaban J connectivity index is 1.60. The first-order valence-electron chi connectivity index (χ1n) is 12.8. The third-order valence-electron chi connectivity index (χ3n) is 5.87. The molecule has 10 nitrogen and oxygen atoms in total. The normalized spacial score (nSPS) is 11.3. The molecule has 0 heterocycles. The van der Waals surface area contributed by atoms with Crippen molar-refractivity contribution in [3.05, 3.63) is 82.4 Å². The van der Waals surface area contributed by atoms with Crippen molar-refractivity contribution < 1.29 is 22.8 Å². The van der Waals surface area contributed by atoms with Gasteiger partial charge in [-0.3, -0.25) is 20.3 Å². The molecule has 0 spiro atoms. The van der Waals surface area contributed by atoms with E-state index in [9.17, 15) is 18.5 Å². The lowest BCUT2D eigenvalue weighted by molar-refractivity contribution is -0.384. The molecule has 3 rings (SSSR count). The van der Waals surface area contributed by atoms with Crippen molar-refractivity contribution in [2.45, 2.75) is 50.3 Å². The maximum Gasteiger partial charge on any atom is 0.295 e. The van der Waals surface area contributed by atoms with Crippen LogP contribution in [0.1, 0.15) is 51.0 Å². The highest BCUT2D eigenvalue weighted by molar-refractivity contribution is 7.92. The van der Waals surface area contributed by atoms with Crippen LogP contribution in [-0.4, -0.2) is 33.3 Å². The van der Waals surface area contributed by atoms with E-state index in [0.717, 1.165) is 30.2 Å². The van der Waals surface area contributed by atoms with Crippen LogP contribution in [0.15, 0.2) is 76.7 Å². The molecule has 3 aromatic carbocycles. The van der Waals surface area contributed by atoms with Gasteiger partial charge in [0.2, 0.25) is 0 Å². The summed E-state index contributed by atoms with van der Waals surface area (Å²) in [6.45, 7) is 2.87. The number of sulfonamides is 1. The molecule has 0 aliphatic carbocycles. The zero-order valence-corrected chi connectivity index (χ0v) is 22.9. The van der Waals surface area contributed by atoms with E-state index in [1.165, 1.54) is 57.2 Å². The SMILES string of the molecule is CCCCCCCCOc1ccc(/C=N/Nc2ccc(S(=O)(=O)Nc3ccccc3OC)cc2[N+](=O)[O-])cc1. The molecule has 0 amide bonds. The summed E-state index contributed by atoms with van der Waals surface area (Å²) in [4.78, 5) is 10.7. The minimum absolute atomic E-state index is 0.0476. The highest BCUT2D eigenvalue weighted by Gasteiger charge is 2.22. The van der Waals surface area contributed by atoms with Crippen LogP contribution in [0.3, 0.4) is 0 Å². The molecule has 0 aliphatic heterocycles. The number of para-hydroxylation sites is 2. The van der Waals surface area contributed by atoms with Gasteiger partial charge in [-0.2, -0.15) is 5.10 Å². The fraction of sp³-hybridized carbons (Fsp3) is 0.321. The number of nitrogens with one attached hydrogen (secondary N) is 2. The molecule has 0 aromatic heterocycles. The number of ether oxygens (including phenoxy) is 2. The Morgan fingerprint density at radius 3 is 2.38 bits per heavy atom. The minimum atomic E-state index is -4.11. The largest absolute Gasteiger partial charge is 0.495 e. The van der Waals surface area contributed by atoms with Crippen LogP contribution < -0.4 is 19.6 Å². The quantitative estimate of drug-likeness (QED) is 0.0883. The van der Waals surface area contributed by atoms with Crippen LogP contribution in [0.2, 0.25) is 0 Å². The van der Waals surface area contributed by atoms with Gasteiger partial charge in [-0.15, -0.1) is 0 Å². The van der Waals surface area contributed by atoms with E-state index in [-0.39, 0.29) is 16.3 Å². The van der Waals surface area contributed by atoms with Crippen molar-refractivity contribution in [1.82, 2.24) is 0 Å². The van der Waals surface area contributed by atoms with E-state index < -0.39 is 20.6 Å². The number of methoxy groups -OCH3 is 1. The molecule has 208 valence electrons. The summed E-state index contributed by atoms with van der Waals surface area (Å²) < 4.78 is 39.1. The van der Waals surface area contributed by atoms with E-state index in [2.05, 4.69) is 22.2 Å². The summed E-state index contributed by atoms with van der Waals surface area (Å²) in [5.41, 5.74) is 3.22. The van der Waals surface area contributed by atoms with Crippen LogP contribution in [-0.2, 0) is 10.0 Å². The van der Waals surface area contributed by atoms with Crippen LogP contribution in [0.4, 0.5) is 17.1 Å². The third kappa shape index (κ3) is 8.99. The molecule has 3 aromatic rings. The molecule has 0 saturated carbocycles. The summed E-state index contributed by atoms with van der Waals surface area (Å²) in [5.74, 6) is 1.09. The van der Waals surface area contributed by atoms with Crippen LogP contribution in [0.5, 0.6) is 11.5 Å². The first-order chi connectivity index (χ1) is 18.8. The van der Waals surface area contributed by atoms with Crippen molar-refractivity contribution in [3.8, 4) is 11.5 Å². The van der Waals surface area contributed by atoms with Crippen LogP contribution in [0, 0.1) is 10.1 Å². The second-order valence-corrected chi connectivity index (χ2v) is 10.5. The van der Waals surface area contributed by atoms with Gasteiger partial charge in [0.1, 0.15) is 17.2 Å². The molecule has 0 saturated heterocycles. The van der Waals surface area contributed by atoms with Crippen LogP contribution >= 0.6 is 0 Å². The number of nitro benzene ring substituents is 1. The van der Waals surface area contributed by atoms with Crippen molar-refractivity contribution in [1.29, 1.82) is 0 Å². The molecule has 2 N–H and O–H groups in total. The Kier molecular flexibility index (Phi) is 11.1. The average molecular weight is 555 g/mol. The number of rotatable bonds is 16. The fourth-order valence-electron chi connectivity index (χ4n) is 3.76. The third-order valence-corrected chi connectivity index (χ3v) is 7.24. The van der Waals surface area contributed by atoms with Gasteiger partial charge >= 0.3 is 0 Å². The number of hydrazone groups is 1. The zero-order chi connectivity index (χ0) is 28.1. The van der Waals surface area contributed by atoms with Crippen molar-refractivity contribution in [3.63, 3.8) is 0 Å². The van der Waals surface area contributed by atoms with Crippen molar-refractivity contribution in [2.75, 3.05) is 23.9 Å². The van der Waals surface area contributed by atoms with Gasteiger partial charge in [0, 0.05) is 6.07 Å². The standard InChI is InChI=1S/C28H34N4O6S/c1-3-4-5-6-7-10-19-38-23-15-13-22(14-16-23)21-29-30-25-18-17-24(20-27(25)32(33)34)39(35,36)31-26-11-8-9-12-28(26)37-2/h8-9,11-18,20-21,30-31H,3-7,10,19H2,1-2H3/b29-21+. The number of nitro groups is 1. The Bertz CT molecular complexity index is 1360. The average Bonchev–Trinajstić information content (AvgIpc) is 2.93. The molecular formula is C28H34N4O6S. The molecule has 11 heteroatoms. The second kappa shape index (κ2) is 14.7. The Hall–Kier alpha value is -4.12. The first-order valence-corrected chi connectivity index (χ1v) is 14.3. The highest BCUT2D eigenvalue weighted by atomic mass is 32.2. The molecule has 0 aliphatic rings. The molecular weight excluding hydrogens is 520 g/mol. The number of benzene rings is 3. The monoisotopic (exact) mass is 554 g/mol. The molecule has 0 fully saturated rings. The Labute approximate surface area is 229 Å². The maximum absolute atomic E-state index is 12.9. The van der Waals surface area contributed by atoms with Crippen molar-refractivity contribution >= 4 is 33.3 Å². The predicted octanol–water partition coefficient (Wildman–Crippen LogP) is 6.59. The summed E-state index contributed by atoms with van der Waals surface area (Å²) in [5, 5.41) is 15.7. The van der Waals surface area contributed by atoms with E-state index in [1.54, 1.807) is 18.2 Å². The maximum atomic E-state index is 12.9. The van der Waals surface area contributed by atoms with E-state index in [0.29, 0.717) is 12.4 Å². The van der Waals surface area contributed by atoms with Gasteiger partial charge in [-0.25, -0.2) is 8.42 Å². The Morgan fingerprint density at radius 2 is 1.67 bits per heavy atom. The molecule has 0 bridgehead atoms. The number of nitrogens with zero attached hydrogens (tertiary/aromatic N) is 2. The first kappa shape index (κ1) is 29.4. The highest BCUT2D eigenvalue weighted by Crippen LogP contribution is 2.30. The van der Waals surface area contributed by atoms with E-state index in [4.69, 9.17) is 9.47 Å². The molecule has 0 radical (unpaired) electrons. The van der Waals surface area contributed by atoms with E-state index >= 15 is 0 Å². The smallest absolute Gasteiger partial charge is 0.295 e. The van der Waals surface area contributed by atoms with Gasteiger partial charge in [0.05, 0.1) is 35.4 Å². The lowest BCUT2D eigenvalue weighted by Crippen LogP contribution is -2.14. The van der Waals surface area contributed by atoms with Gasteiger partial charge in [0.15, 0.2) is 0 Å². The summed E-state index contributed by atoms with van der Waals surface area (Å²) in [6.07, 6.45) is 8.71. The summed E-state index contributed by atoms with van der Waals surface area (Å²) in [6, 6.07) is 17.4. The lowest BCUT2D eigenvalue weighted by Gasteiger charge is -2.12. The predicted molar refractivity (Wildman–Crippen MR) is 153 cm³/mol. The second-order valence-electron chi connectivity index (χ2n) is 8.80. The molecule has 0 atom stereocenters. The number of hydrogen-bond acceptors (Lipinski definition) is 8. The number of unbranched alkanes of at least 4 members (excludes halogenated alkanes) is 5. The number of hydrogen-bond donors (Lipinski definition) is 2. The zero-order valence-electron chi connectivity index (χ0n) is 22.1. The molecule has 39 heavy (non-hydrogen) atoms. The minimum Gasteiger partial charge on any atom is -0.495 e.